The van der Waals surface area contributed by atoms with Gasteiger partial charge in [0, 0.05) is 35.8 Å². The Bertz CT molecular complexity index is 1150. The number of hydrogen-bond donors (Lipinski definition) is 1. The molecule has 1 N–H and O–H groups in total. The van der Waals surface area contributed by atoms with Crippen molar-refractivity contribution in [2.75, 3.05) is 31.1 Å². The molecule has 0 bridgehead atoms. The molecule has 0 spiro atoms. The van der Waals surface area contributed by atoms with Gasteiger partial charge in [-0.15, -0.1) is 11.8 Å². The third-order valence-electron chi connectivity index (χ3n) is 6.45. The number of carbonyl (C=O) groups is 1. The van der Waals surface area contributed by atoms with Gasteiger partial charge in [-0.1, -0.05) is 31.2 Å². The number of nitrogens with one attached hydrogen (secondary N) is 1. The van der Waals surface area contributed by atoms with Crippen LogP contribution in [-0.2, 0) is 4.79 Å². The van der Waals surface area contributed by atoms with Crippen LogP contribution in [0.5, 0.6) is 0 Å². The zero-order chi connectivity index (χ0) is 21.4. The van der Waals surface area contributed by atoms with Crippen LogP contribution in [0.15, 0.2) is 58.2 Å². The van der Waals surface area contributed by atoms with Gasteiger partial charge < -0.3 is 9.88 Å². The van der Waals surface area contributed by atoms with E-state index in [2.05, 4.69) is 28.9 Å². The van der Waals surface area contributed by atoms with Crippen molar-refractivity contribution in [3.8, 4) is 0 Å². The van der Waals surface area contributed by atoms with E-state index in [0.29, 0.717) is 11.8 Å². The molecular weight excluding hydrogens is 408 g/mol. The monoisotopic (exact) mass is 436 g/mol. The van der Waals surface area contributed by atoms with E-state index in [1.54, 1.807) is 0 Å². The van der Waals surface area contributed by atoms with Crippen molar-refractivity contribution >= 4 is 34.4 Å². The smallest absolute Gasteiger partial charge is 0.310 e. The molecular formula is C24H28N4O2S. The Hall–Kier alpha value is -2.51. The lowest BCUT2D eigenvalue weighted by atomic mass is 10.0. The van der Waals surface area contributed by atoms with Crippen molar-refractivity contribution in [3.63, 3.8) is 0 Å². The van der Waals surface area contributed by atoms with Crippen molar-refractivity contribution in [2.45, 2.75) is 42.4 Å². The number of H-pyrrole nitrogens is 1. The van der Waals surface area contributed by atoms with E-state index in [4.69, 9.17) is 0 Å². The number of piperidine rings is 1. The molecule has 1 saturated heterocycles. The zero-order valence-electron chi connectivity index (χ0n) is 17.8. The van der Waals surface area contributed by atoms with E-state index < -0.39 is 0 Å². The molecule has 1 fully saturated rings. The van der Waals surface area contributed by atoms with Gasteiger partial charge in [-0.25, -0.2) is 4.79 Å². The minimum Gasteiger partial charge on any atom is -0.310 e. The maximum absolute atomic E-state index is 13.2. The SMILES string of the molecule is CC1CCN(C(=O)CN2CCC(n3c(=O)[nH]c4ccccc43)CC2)c2ccccc2S1. The van der Waals surface area contributed by atoms with Gasteiger partial charge in [-0.2, -0.15) is 0 Å². The molecule has 1 amide bonds. The van der Waals surface area contributed by atoms with Gasteiger partial charge in [-0.3, -0.25) is 14.3 Å². The van der Waals surface area contributed by atoms with Gasteiger partial charge in [0.05, 0.1) is 23.3 Å². The summed E-state index contributed by atoms with van der Waals surface area (Å²) in [6.07, 6.45) is 2.74. The van der Waals surface area contributed by atoms with Gasteiger partial charge in [0.15, 0.2) is 0 Å². The number of anilines is 1. The lowest BCUT2D eigenvalue weighted by Gasteiger charge is -2.33. The highest BCUT2D eigenvalue weighted by Gasteiger charge is 2.28. The first-order valence-corrected chi connectivity index (χ1v) is 12.0. The number of imidazole rings is 1. The third kappa shape index (κ3) is 4.04. The zero-order valence-corrected chi connectivity index (χ0v) is 18.6. The summed E-state index contributed by atoms with van der Waals surface area (Å²) in [5.41, 5.74) is 2.86. The van der Waals surface area contributed by atoms with E-state index in [0.717, 1.165) is 55.6 Å². The number of carbonyl (C=O) groups excluding carboxylic acids is 1. The number of thioether (sulfide) groups is 1. The number of amides is 1. The van der Waals surface area contributed by atoms with Crippen molar-refractivity contribution < 1.29 is 4.79 Å². The number of aromatic nitrogens is 2. The van der Waals surface area contributed by atoms with E-state index in [-0.39, 0.29) is 17.6 Å². The predicted molar refractivity (Wildman–Crippen MR) is 126 cm³/mol. The fraction of sp³-hybridized carbons (Fsp3) is 0.417. The minimum atomic E-state index is -0.0384. The van der Waals surface area contributed by atoms with Crippen molar-refractivity contribution in [2.24, 2.45) is 0 Å². The Labute approximate surface area is 186 Å². The number of aromatic amines is 1. The van der Waals surface area contributed by atoms with Crippen molar-refractivity contribution in [1.29, 1.82) is 0 Å². The molecule has 5 rings (SSSR count). The van der Waals surface area contributed by atoms with E-state index >= 15 is 0 Å². The molecule has 3 heterocycles. The molecule has 2 aliphatic heterocycles. The minimum absolute atomic E-state index is 0.0384. The highest BCUT2D eigenvalue weighted by Crippen LogP contribution is 2.37. The highest BCUT2D eigenvalue weighted by molar-refractivity contribution is 8.00. The van der Waals surface area contributed by atoms with E-state index in [1.165, 1.54) is 4.90 Å². The Morgan fingerprint density at radius 2 is 1.77 bits per heavy atom. The normalized spacial score (nSPS) is 20.5. The summed E-state index contributed by atoms with van der Waals surface area (Å²) < 4.78 is 1.90. The molecule has 0 saturated carbocycles. The molecule has 2 aromatic carbocycles. The second-order valence-electron chi connectivity index (χ2n) is 8.55. The number of hydrogen-bond acceptors (Lipinski definition) is 4. The molecule has 0 radical (unpaired) electrons. The standard InChI is InChI=1S/C24H28N4O2S/c1-17-10-15-27(21-8-4-5-9-22(21)31-17)23(29)16-26-13-11-18(12-14-26)28-20-7-3-2-6-19(20)25-24(28)30/h2-9,17-18H,10-16H2,1H3,(H,25,30). The van der Waals surface area contributed by atoms with Crippen LogP contribution in [0.25, 0.3) is 11.0 Å². The second kappa shape index (κ2) is 8.55. The van der Waals surface area contributed by atoms with Gasteiger partial charge in [0.1, 0.15) is 0 Å². The lowest BCUT2D eigenvalue weighted by Crippen LogP contribution is -2.44. The van der Waals surface area contributed by atoms with Crippen LogP contribution in [-0.4, -0.2) is 51.8 Å². The second-order valence-corrected chi connectivity index (χ2v) is 10.0. The molecule has 1 atom stereocenters. The number of benzene rings is 2. The molecule has 3 aromatic rings. The van der Waals surface area contributed by atoms with Gasteiger partial charge in [-0.05, 0) is 43.5 Å². The fourth-order valence-corrected chi connectivity index (χ4v) is 5.91. The number of fused-ring (bicyclic) bond motifs is 2. The number of likely N-dealkylation sites (tertiary alicyclic amines) is 1. The van der Waals surface area contributed by atoms with Crippen LogP contribution in [0.2, 0.25) is 0 Å². The van der Waals surface area contributed by atoms with Gasteiger partial charge >= 0.3 is 5.69 Å². The Balaban J connectivity index is 1.26. The molecule has 31 heavy (non-hydrogen) atoms. The molecule has 1 unspecified atom stereocenters. The van der Waals surface area contributed by atoms with Crippen molar-refractivity contribution in [1.82, 2.24) is 14.5 Å². The molecule has 2 aliphatic rings. The van der Waals surface area contributed by atoms with Gasteiger partial charge in [0.25, 0.3) is 0 Å². The topological polar surface area (TPSA) is 61.3 Å². The van der Waals surface area contributed by atoms with Crippen LogP contribution in [0.1, 0.15) is 32.2 Å². The summed E-state index contributed by atoms with van der Waals surface area (Å²) >= 11 is 1.86. The molecule has 162 valence electrons. The van der Waals surface area contributed by atoms with Gasteiger partial charge in [0.2, 0.25) is 5.91 Å². The van der Waals surface area contributed by atoms with Crippen LogP contribution in [0.4, 0.5) is 5.69 Å². The quantitative estimate of drug-likeness (QED) is 0.677. The van der Waals surface area contributed by atoms with Crippen LogP contribution in [0, 0.1) is 0 Å². The van der Waals surface area contributed by atoms with E-state index in [9.17, 15) is 9.59 Å². The van der Waals surface area contributed by atoms with Crippen LogP contribution in [0.3, 0.4) is 0 Å². The largest absolute Gasteiger partial charge is 0.326 e. The maximum Gasteiger partial charge on any atom is 0.326 e. The van der Waals surface area contributed by atoms with E-state index in [1.807, 2.05) is 57.6 Å². The average molecular weight is 437 g/mol. The predicted octanol–water partition coefficient (Wildman–Crippen LogP) is 3.88. The highest BCUT2D eigenvalue weighted by atomic mass is 32.2. The molecule has 1 aromatic heterocycles. The summed E-state index contributed by atoms with van der Waals surface area (Å²) in [6.45, 7) is 5.08. The molecule has 6 nitrogen and oxygen atoms in total. The van der Waals surface area contributed by atoms with Crippen LogP contribution >= 0.6 is 11.8 Å². The first-order valence-electron chi connectivity index (χ1n) is 11.1. The Morgan fingerprint density at radius 3 is 2.61 bits per heavy atom. The Kier molecular flexibility index (Phi) is 5.63. The first-order chi connectivity index (χ1) is 15.1. The average Bonchev–Trinajstić information content (AvgIpc) is 3.00. The number of nitrogens with zero attached hydrogens (tertiary/aromatic N) is 3. The Morgan fingerprint density at radius 1 is 1.03 bits per heavy atom. The first kappa shape index (κ1) is 20.4. The summed E-state index contributed by atoms with van der Waals surface area (Å²) in [5.74, 6) is 0.171. The fourth-order valence-electron chi connectivity index (χ4n) is 4.79. The third-order valence-corrected chi connectivity index (χ3v) is 7.69. The number of rotatable bonds is 3. The maximum atomic E-state index is 13.2. The summed E-state index contributed by atoms with van der Waals surface area (Å²) in [7, 11) is 0. The van der Waals surface area contributed by atoms with Crippen molar-refractivity contribution in [3.05, 3.63) is 59.0 Å². The lowest BCUT2D eigenvalue weighted by molar-refractivity contribution is -0.120. The molecule has 7 heteroatoms. The van der Waals surface area contributed by atoms with Crippen LogP contribution < -0.4 is 10.6 Å². The summed E-state index contributed by atoms with van der Waals surface area (Å²) in [4.78, 5) is 34.1. The summed E-state index contributed by atoms with van der Waals surface area (Å²) in [6, 6.07) is 16.3. The summed E-state index contributed by atoms with van der Waals surface area (Å²) in [5, 5.41) is 0.504. The number of para-hydroxylation sites is 3. The molecule has 0 aliphatic carbocycles.